The van der Waals surface area contributed by atoms with E-state index in [2.05, 4.69) is 25.7 Å². The van der Waals surface area contributed by atoms with Crippen LogP contribution in [0.15, 0.2) is 0 Å². The van der Waals surface area contributed by atoms with Crippen molar-refractivity contribution in [2.24, 2.45) is 34.5 Å². The molecule has 4 unspecified atom stereocenters. The lowest BCUT2D eigenvalue weighted by Crippen LogP contribution is -2.42. The lowest BCUT2D eigenvalue weighted by molar-refractivity contribution is -0.161. The predicted molar refractivity (Wildman–Crippen MR) is 139 cm³/mol. The van der Waals surface area contributed by atoms with Gasteiger partial charge in [-0.15, -0.1) is 0 Å². The lowest BCUT2D eigenvalue weighted by atomic mass is 9.61. The van der Waals surface area contributed by atoms with Gasteiger partial charge in [0.2, 0.25) is 0 Å². The van der Waals surface area contributed by atoms with Crippen molar-refractivity contribution < 1.29 is 19.1 Å². The molecular weight excluding hydrogens is 438 g/mol. The minimum atomic E-state index is -0.300. The molecule has 35 heavy (non-hydrogen) atoms. The Balaban J connectivity index is 1.20. The molecule has 0 aromatic carbocycles. The Morgan fingerprint density at radius 3 is 1.49 bits per heavy atom. The summed E-state index contributed by atoms with van der Waals surface area (Å²) in [6.07, 6.45) is 16.6. The number of carbonyl (C=O) groups excluding carboxylic acids is 2. The second kappa shape index (κ2) is 12.0. The molecule has 200 valence electrons. The normalized spacial score (nSPS) is 36.6. The first kappa shape index (κ1) is 26.9. The zero-order valence-corrected chi connectivity index (χ0v) is 22.8. The van der Waals surface area contributed by atoms with E-state index in [1.807, 2.05) is 0 Å². The van der Waals surface area contributed by atoms with Crippen molar-refractivity contribution in [3.05, 3.63) is 0 Å². The number of unbranched alkanes of at least 4 members (excludes halogenated alkanes) is 1. The molecule has 5 nitrogen and oxygen atoms in total. The number of hydrogen-bond acceptors (Lipinski definition) is 5. The third-order valence-electron chi connectivity index (χ3n) is 9.83. The molecule has 0 radical (unpaired) electrons. The molecule has 4 saturated carbocycles. The van der Waals surface area contributed by atoms with Gasteiger partial charge in [-0.3, -0.25) is 14.5 Å². The van der Waals surface area contributed by atoms with Crippen molar-refractivity contribution in [2.45, 2.75) is 111 Å². The van der Waals surface area contributed by atoms with Gasteiger partial charge in [0.1, 0.15) is 13.2 Å². The minimum absolute atomic E-state index is 0.00624. The minimum Gasteiger partial charge on any atom is -0.464 e. The second-order valence-corrected chi connectivity index (χ2v) is 13.2. The molecule has 4 aliphatic carbocycles. The number of fused-ring (bicyclic) bond motifs is 4. The third-order valence-corrected chi connectivity index (χ3v) is 9.83. The second-order valence-electron chi connectivity index (χ2n) is 13.2. The maximum Gasteiger partial charge on any atom is 0.311 e. The van der Waals surface area contributed by atoms with Crippen molar-refractivity contribution in [1.29, 1.82) is 0 Å². The summed E-state index contributed by atoms with van der Waals surface area (Å²) in [5.74, 6) is 2.85. The van der Waals surface area contributed by atoms with E-state index in [1.54, 1.807) is 0 Å². The number of ether oxygens (including phenoxy) is 2. The van der Waals surface area contributed by atoms with Gasteiger partial charge in [-0.05, 0) is 89.0 Å². The molecular formula is C30H51NO4. The molecule has 0 aromatic heterocycles. The Labute approximate surface area is 214 Å². The summed E-state index contributed by atoms with van der Waals surface area (Å²) in [6, 6.07) is 0. The van der Waals surface area contributed by atoms with Gasteiger partial charge in [0.15, 0.2) is 0 Å². The van der Waals surface area contributed by atoms with Gasteiger partial charge in [0.25, 0.3) is 0 Å². The van der Waals surface area contributed by atoms with Crippen LogP contribution >= 0.6 is 0 Å². The van der Waals surface area contributed by atoms with E-state index in [4.69, 9.17) is 9.47 Å². The molecule has 5 heteroatoms. The van der Waals surface area contributed by atoms with Crippen molar-refractivity contribution in [3.8, 4) is 0 Å². The first-order valence-corrected chi connectivity index (χ1v) is 14.9. The standard InChI is InChI=1S/C30H51NO4/c1-4-5-12-31(13-15-34-27(32)29(2)19-23-8-6-9-24(17-23)20-29)14-16-35-28(33)30(3)21-25-10-7-11-26(18-25)22-30/h23-26H,4-22H2,1-3H3. The van der Waals surface area contributed by atoms with Gasteiger partial charge in [-0.2, -0.15) is 0 Å². The number of rotatable bonds is 11. The zero-order valence-electron chi connectivity index (χ0n) is 22.8. The highest BCUT2D eigenvalue weighted by Gasteiger charge is 2.46. The Morgan fingerprint density at radius 2 is 1.11 bits per heavy atom. The fourth-order valence-corrected chi connectivity index (χ4v) is 8.20. The SMILES string of the molecule is CCCCN(CCOC(=O)C1(C)CC2CCCC(C2)C1)CCOC(=O)C1(C)CC2CCCC(C2)C1. The van der Waals surface area contributed by atoms with Crippen LogP contribution in [0.1, 0.15) is 111 Å². The highest BCUT2D eigenvalue weighted by molar-refractivity contribution is 5.77. The van der Waals surface area contributed by atoms with E-state index in [1.165, 1.54) is 51.4 Å². The Hall–Kier alpha value is -1.10. The monoisotopic (exact) mass is 489 g/mol. The van der Waals surface area contributed by atoms with Gasteiger partial charge >= 0.3 is 11.9 Å². The van der Waals surface area contributed by atoms with Gasteiger partial charge < -0.3 is 9.47 Å². The van der Waals surface area contributed by atoms with Gasteiger partial charge in [-0.25, -0.2) is 0 Å². The molecule has 0 heterocycles. The summed E-state index contributed by atoms with van der Waals surface area (Å²) in [6.45, 7) is 9.71. The van der Waals surface area contributed by atoms with Crippen LogP contribution in [-0.2, 0) is 19.1 Å². The van der Waals surface area contributed by atoms with Crippen LogP contribution in [0, 0.1) is 34.5 Å². The first-order chi connectivity index (χ1) is 16.8. The van der Waals surface area contributed by atoms with Crippen molar-refractivity contribution in [3.63, 3.8) is 0 Å². The van der Waals surface area contributed by atoms with Crippen LogP contribution in [-0.4, -0.2) is 49.7 Å². The van der Waals surface area contributed by atoms with Crippen LogP contribution in [0.2, 0.25) is 0 Å². The van der Waals surface area contributed by atoms with E-state index in [-0.39, 0.29) is 22.8 Å². The molecule has 0 spiro atoms. The van der Waals surface area contributed by atoms with E-state index < -0.39 is 0 Å². The molecule has 0 aromatic rings. The van der Waals surface area contributed by atoms with Gasteiger partial charge in [-0.1, -0.05) is 51.9 Å². The molecule has 4 aliphatic rings. The first-order valence-electron chi connectivity index (χ1n) is 14.9. The zero-order chi connectivity index (χ0) is 24.9. The van der Waals surface area contributed by atoms with E-state index in [9.17, 15) is 9.59 Å². The average Bonchev–Trinajstić information content (AvgIpc) is 2.81. The fraction of sp³-hybridized carbons (Fsp3) is 0.933. The molecule has 4 atom stereocenters. The number of hydrogen-bond donors (Lipinski definition) is 0. The summed E-state index contributed by atoms with van der Waals surface area (Å²) in [5, 5.41) is 0. The third kappa shape index (κ3) is 7.02. The lowest BCUT2D eigenvalue weighted by Gasteiger charge is -2.44. The maximum atomic E-state index is 13.0. The molecule has 0 saturated heterocycles. The number of carbonyl (C=O) groups is 2. The Kier molecular flexibility index (Phi) is 9.21. The largest absolute Gasteiger partial charge is 0.464 e. The highest BCUT2D eigenvalue weighted by Crippen LogP contribution is 2.50. The molecule has 4 fully saturated rings. The average molecular weight is 490 g/mol. The van der Waals surface area contributed by atoms with E-state index in [0.29, 0.717) is 50.0 Å². The van der Waals surface area contributed by atoms with E-state index in [0.717, 1.165) is 45.1 Å². The van der Waals surface area contributed by atoms with Crippen LogP contribution in [0.4, 0.5) is 0 Å². The molecule has 0 N–H and O–H groups in total. The van der Waals surface area contributed by atoms with Gasteiger partial charge in [0.05, 0.1) is 10.8 Å². The summed E-state index contributed by atoms with van der Waals surface area (Å²) in [7, 11) is 0. The molecule has 4 bridgehead atoms. The van der Waals surface area contributed by atoms with Crippen molar-refractivity contribution in [1.82, 2.24) is 4.90 Å². The van der Waals surface area contributed by atoms with Crippen LogP contribution in [0.3, 0.4) is 0 Å². The molecule has 0 aliphatic heterocycles. The summed E-state index contributed by atoms with van der Waals surface area (Å²) < 4.78 is 11.7. The summed E-state index contributed by atoms with van der Waals surface area (Å²) >= 11 is 0. The van der Waals surface area contributed by atoms with Crippen LogP contribution < -0.4 is 0 Å². The summed E-state index contributed by atoms with van der Waals surface area (Å²) in [4.78, 5) is 28.4. The Morgan fingerprint density at radius 1 is 0.714 bits per heavy atom. The van der Waals surface area contributed by atoms with Crippen molar-refractivity contribution >= 4 is 11.9 Å². The quantitative estimate of drug-likeness (QED) is 0.315. The number of nitrogens with zero attached hydrogens (tertiary/aromatic N) is 1. The van der Waals surface area contributed by atoms with E-state index >= 15 is 0 Å². The molecule has 4 rings (SSSR count). The molecule has 0 amide bonds. The van der Waals surface area contributed by atoms with Crippen molar-refractivity contribution in [2.75, 3.05) is 32.8 Å². The predicted octanol–water partition coefficient (Wildman–Crippen LogP) is 6.39. The van der Waals surface area contributed by atoms with Crippen LogP contribution in [0.25, 0.3) is 0 Å². The maximum absolute atomic E-state index is 13.0. The summed E-state index contributed by atoms with van der Waals surface area (Å²) in [5.41, 5.74) is -0.600. The highest BCUT2D eigenvalue weighted by atomic mass is 16.5. The fourth-order valence-electron chi connectivity index (χ4n) is 8.20. The smallest absolute Gasteiger partial charge is 0.311 e. The topological polar surface area (TPSA) is 55.8 Å². The van der Waals surface area contributed by atoms with Gasteiger partial charge in [0, 0.05) is 13.1 Å². The Bertz CT molecular complexity index is 641. The number of esters is 2. The van der Waals surface area contributed by atoms with Crippen LogP contribution in [0.5, 0.6) is 0 Å².